The Kier molecular flexibility index (Phi) is 4.84. The molecule has 1 amide bonds. The summed E-state index contributed by atoms with van der Waals surface area (Å²) in [4.78, 5) is 12.0. The van der Waals surface area contributed by atoms with Crippen molar-refractivity contribution in [2.24, 2.45) is 5.41 Å². The molecule has 0 aromatic heterocycles. The van der Waals surface area contributed by atoms with E-state index >= 15 is 0 Å². The van der Waals surface area contributed by atoms with Gasteiger partial charge in [-0.05, 0) is 30.0 Å². The van der Waals surface area contributed by atoms with Crippen molar-refractivity contribution in [1.29, 1.82) is 0 Å². The molecule has 0 aliphatic heterocycles. The summed E-state index contributed by atoms with van der Waals surface area (Å²) in [6, 6.07) is 5.29. The predicted octanol–water partition coefficient (Wildman–Crippen LogP) is 3.64. The molecule has 2 nitrogen and oxygen atoms in total. The van der Waals surface area contributed by atoms with Crippen LogP contribution in [-0.2, 0) is 0 Å². The SMILES string of the molecule is Cc1ccc(Cl)cc1C(=O)NCC(C)(C)CCl. The molecule has 1 aromatic carbocycles. The van der Waals surface area contributed by atoms with Crippen LogP contribution in [0.25, 0.3) is 0 Å². The molecule has 0 bridgehead atoms. The number of aryl methyl sites for hydroxylation is 1. The van der Waals surface area contributed by atoms with Crippen LogP contribution in [0.15, 0.2) is 18.2 Å². The molecule has 0 saturated heterocycles. The summed E-state index contributed by atoms with van der Waals surface area (Å²) in [6.45, 7) is 6.44. The van der Waals surface area contributed by atoms with Gasteiger partial charge in [0.1, 0.15) is 0 Å². The second-order valence-electron chi connectivity index (χ2n) is 4.94. The topological polar surface area (TPSA) is 29.1 Å². The van der Waals surface area contributed by atoms with Crippen LogP contribution in [0.4, 0.5) is 0 Å². The van der Waals surface area contributed by atoms with Gasteiger partial charge in [-0.25, -0.2) is 0 Å². The molecule has 1 rings (SSSR count). The molecule has 1 aromatic rings. The van der Waals surface area contributed by atoms with E-state index < -0.39 is 0 Å². The minimum Gasteiger partial charge on any atom is -0.351 e. The van der Waals surface area contributed by atoms with Crippen LogP contribution >= 0.6 is 23.2 Å². The van der Waals surface area contributed by atoms with Gasteiger partial charge in [-0.1, -0.05) is 31.5 Å². The van der Waals surface area contributed by atoms with Gasteiger partial charge in [0.05, 0.1) is 0 Å². The minimum absolute atomic E-state index is 0.107. The summed E-state index contributed by atoms with van der Waals surface area (Å²) in [6.07, 6.45) is 0. The lowest BCUT2D eigenvalue weighted by molar-refractivity contribution is 0.0939. The van der Waals surface area contributed by atoms with Gasteiger partial charge in [0, 0.05) is 23.0 Å². The summed E-state index contributed by atoms with van der Waals surface area (Å²) in [5.74, 6) is 0.394. The van der Waals surface area contributed by atoms with E-state index in [0.717, 1.165) is 5.56 Å². The molecular formula is C13H17Cl2NO. The smallest absolute Gasteiger partial charge is 0.251 e. The van der Waals surface area contributed by atoms with Gasteiger partial charge in [0.2, 0.25) is 0 Å². The maximum Gasteiger partial charge on any atom is 0.251 e. The Morgan fingerprint density at radius 1 is 1.41 bits per heavy atom. The van der Waals surface area contributed by atoms with E-state index in [4.69, 9.17) is 23.2 Å². The van der Waals surface area contributed by atoms with E-state index in [0.29, 0.717) is 23.0 Å². The second kappa shape index (κ2) is 5.74. The largest absolute Gasteiger partial charge is 0.351 e. The van der Waals surface area contributed by atoms with E-state index in [9.17, 15) is 4.79 Å². The number of hydrogen-bond acceptors (Lipinski definition) is 1. The van der Waals surface area contributed by atoms with Crippen LogP contribution in [-0.4, -0.2) is 18.3 Å². The average Bonchev–Trinajstić information content (AvgIpc) is 2.29. The standard InChI is InChI=1S/C13H17Cl2NO/c1-9-4-5-10(15)6-11(9)12(17)16-8-13(2,3)7-14/h4-6H,7-8H2,1-3H3,(H,16,17). The third kappa shape index (κ3) is 4.21. The number of amides is 1. The van der Waals surface area contributed by atoms with Crippen molar-refractivity contribution in [3.8, 4) is 0 Å². The molecular weight excluding hydrogens is 257 g/mol. The molecule has 94 valence electrons. The van der Waals surface area contributed by atoms with Gasteiger partial charge < -0.3 is 5.32 Å². The number of carbonyl (C=O) groups excluding carboxylic acids is 1. The van der Waals surface area contributed by atoms with Crippen molar-refractivity contribution in [3.05, 3.63) is 34.3 Å². The fourth-order valence-electron chi connectivity index (χ4n) is 1.30. The molecule has 4 heteroatoms. The van der Waals surface area contributed by atoms with Gasteiger partial charge in [-0.3, -0.25) is 4.79 Å². The third-order valence-corrected chi connectivity index (χ3v) is 3.49. The first kappa shape index (κ1) is 14.3. The highest BCUT2D eigenvalue weighted by Crippen LogP contribution is 2.17. The van der Waals surface area contributed by atoms with E-state index in [1.54, 1.807) is 12.1 Å². The quantitative estimate of drug-likeness (QED) is 0.834. The van der Waals surface area contributed by atoms with Crippen LogP contribution in [0.3, 0.4) is 0 Å². The lowest BCUT2D eigenvalue weighted by Crippen LogP contribution is -2.35. The molecule has 0 aliphatic rings. The molecule has 0 saturated carbocycles. The van der Waals surface area contributed by atoms with Crippen molar-refractivity contribution in [3.63, 3.8) is 0 Å². The van der Waals surface area contributed by atoms with E-state index in [-0.39, 0.29) is 11.3 Å². The Labute approximate surface area is 112 Å². The van der Waals surface area contributed by atoms with Gasteiger partial charge in [0.15, 0.2) is 0 Å². The molecule has 0 heterocycles. The zero-order valence-corrected chi connectivity index (χ0v) is 11.8. The van der Waals surface area contributed by atoms with Crippen LogP contribution < -0.4 is 5.32 Å². The Hall–Kier alpha value is -0.730. The molecule has 0 unspecified atom stereocenters. The lowest BCUT2D eigenvalue weighted by atomic mass is 9.96. The van der Waals surface area contributed by atoms with E-state index in [1.807, 2.05) is 26.8 Å². The minimum atomic E-state index is -0.108. The zero-order valence-electron chi connectivity index (χ0n) is 10.3. The van der Waals surface area contributed by atoms with Crippen molar-refractivity contribution < 1.29 is 4.79 Å². The molecule has 0 aliphatic carbocycles. The van der Waals surface area contributed by atoms with Crippen molar-refractivity contribution in [2.45, 2.75) is 20.8 Å². The Morgan fingerprint density at radius 3 is 2.65 bits per heavy atom. The number of carbonyl (C=O) groups is 1. The lowest BCUT2D eigenvalue weighted by Gasteiger charge is -2.21. The highest BCUT2D eigenvalue weighted by molar-refractivity contribution is 6.31. The summed E-state index contributed by atoms with van der Waals surface area (Å²) in [7, 11) is 0. The van der Waals surface area contributed by atoms with Gasteiger partial charge in [-0.2, -0.15) is 0 Å². The van der Waals surface area contributed by atoms with Gasteiger partial charge in [-0.15, -0.1) is 11.6 Å². The number of hydrogen-bond donors (Lipinski definition) is 1. The van der Waals surface area contributed by atoms with E-state index in [1.165, 1.54) is 0 Å². The molecule has 0 atom stereocenters. The normalized spacial score (nSPS) is 11.4. The van der Waals surface area contributed by atoms with Gasteiger partial charge >= 0.3 is 0 Å². The van der Waals surface area contributed by atoms with Crippen molar-refractivity contribution in [2.75, 3.05) is 12.4 Å². The first-order chi connectivity index (χ1) is 7.85. The van der Waals surface area contributed by atoms with Gasteiger partial charge in [0.25, 0.3) is 5.91 Å². The van der Waals surface area contributed by atoms with Crippen LogP contribution in [0.2, 0.25) is 5.02 Å². The van der Waals surface area contributed by atoms with Crippen molar-refractivity contribution >= 4 is 29.1 Å². The third-order valence-electron chi connectivity index (χ3n) is 2.53. The number of benzene rings is 1. The Bertz CT molecular complexity index is 416. The molecule has 0 fully saturated rings. The fourth-order valence-corrected chi connectivity index (χ4v) is 1.57. The molecule has 0 spiro atoms. The molecule has 0 radical (unpaired) electrons. The fraction of sp³-hybridized carbons (Fsp3) is 0.462. The monoisotopic (exact) mass is 273 g/mol. The zero-order chi connectivity index (χ0) is 13.1. The van der Waals surface area contributed by atoms with Crippen LogP contribution in [0, 0.1) is 12.3 Å². The maximum atomic E-state index is 12.0. The summed E-state index contributed by atoms with van der Waals surface area (Å²) in [5, 5.41) is 3.44. The highest BCUT2D eigenvalue weighted by atomic mass is 35.5. The predicted molar refractivity (Wildman–Crippen MR) is 73.0 cm³/mol. The number of nitrogens with one attached hydrogen (secondary N) is 1. The first-order valence-corrected chi connectivity index (χ1v) is 6.37. The van der Waals surface area contributed by atoms with Crippen LogP contribution in [0.5, 0.6) is 0 Å². The Balaban J connectivity index is 2.74. The summed E-state index contributed by atoms with van der Waals surface area (Å²) < 4.78 is 0. The first-order valence-electron chi connectivity index (χ1n) is 5.46. The summed E-state index contributed by atoms with van der Waals surface area (Å²) in [5.41, 5.74) is 1.42. The van der Waals surface area contributed by atoms with Crippen LogP contribution in [0.1, 0.15) is 29.8 Å². The van der Waals surface area contributed by atoms with Crippen molar-refractivity contribution in [1.82, 2.24) is 5.32 Å². The molecule has 17 heavy (non-hydrogen) atoms. The second-order valence-corrected chi connectivity index (χ2v) is 5.64. The highest BCUT2D eigenvalue weighted by Gasteiger charge is 2.18. The average molecular weight is 274 g/mol. The summed E-state index contributed by atoms with van der Waals surface area (Å²) >= 11 is 11.7. The number of rotatable bonds is 4. The molecule has 1 N–H and O–H groups in total. The van der Waals surface area contributed by atoms with E-state index in [2.05, 4.69) is 5.32 Å². The Morgan fingerprint density at radius 2 is 2.06 bits per heavy atom. The number of halogens is 2. The number of alkyl halides is 1. The maximum absolute atomic E-state index is 12.0.